The maximum Gasteiger partial charge on any atom is 0.190 e. The van der Waals surface area contributed by atoms with Crippen LogP contribution in [0, 0.1) is 0 Å². The van der Waals surface area contributed by atoms with Crippen molar-refractivity contribution >= 4 is 41.5 Å². The molecule has 0 bridgehead atoms. The number of nitrogens with zero attached hydrogens (tertiary/aromatic N) is 3. The number of halogens is 2. The summed E-state index contributed by atoms with van der Waals surface area (Å²) in [5.74, 6) is 0.822. The summed E-state index contributed by atoms with van der Waals surface area (Å²) in [4.78, 5) is 4.24. The van der Waals surface area contributed by atoms with Crippen molar-refractivity contribution in [1.82, 2.24) is 20.4 Å². The van der Waals surface area contributed by atoms with E-state index in [1.165, 1.54) is 5.56 Å². The molecule has 0 fully saturated rings. The summed E-state index contributed by atoms with van der Waals surface area (Å²) in [5.41, 5.74) is 2.41. The third-order valence-corrected chi connectivity index (χ3v) is 3.93. The van der Waals surface area contributed by atoms with Crippen LogP contribution in [0.5, 0.6) is 0 Å². The molecule has 0 radical (unpaired) electrons. The van der Waals surface area contributed by atoms with Gasteiger partial charge in [0.2, 0.25) is 0 Å². The lowest BCUT2D eigenvalue weighted by Crippen LogP contribution is -2.38. The van der Waals surface area contributed by atoms with Gasteiger partial charge in [0, 0.05) is 38.4 Å². The number of guanidine groups is 1. The Morgan fingerprint density at radius 3 is 2.62 bits per heavy atom. The first-order valence-corrected chi connectivity index (χ1v) is 8.22. The summed E-state index contributed by atoms with van der Waals surface area (Å²) < 4.78 is 1.83. The first-order valence-electron chi connectivity index (χ1n) is 7.84. The molecule has 7 heteroatoms. The van der Waals surface area contributed by atoms with E-state index < -0.39 is 0 Å². The zero-order valence-electron chi connectivity index (χ0n) is 14.1. The minimum absolute atomic E-state index is 0. The van der Waals surface area contributed by atoms with Gasteiger partial charge in [-0.15, -0.1) is 24.0 Å². The molecule has 0 atom stereocenters. The molecule has 0 saturated heterocycles. The predicted molar refractivity (Wildman–Crippen MR) is 111 cm³/mol. The Balaban J connectivity index is 0.00000288. The highest BCUT2D eigenvalue weighted by molar-refractivity contribution is 14.0. The van der Waals surface area contributed by atoms with Gasteiger partial charge in [-0.2, -0.15) is 5.10 Å². The van der Waals surface area contributed by atoms with E-state index in [4.69, 9.17) is 11.6 Å². The number of hydrogen-bond acceptors (Lipinski definition) is 2. The van der Waals surface area contributed by atoms with Gasteiger partial charge in [-0.05, 0) is 36.5 Å². The first kappa shape index (κ1) is 20.8. The molecule has 0 aliphatic carbocycles. The van der Waals surface area contributed by atoms with Crippen LogP contribution in [0.3, 0.4) is 0 Å². The highest BCUT2D eigenvalue weighted by Gasteiger charge is 2.01. The fourth-order valence-corrected chi connectivity index (χ4v) is 2.57. The van der Waals surface area contributed by atoms with Gasteiger partial charge in [-0.3, -0.25) is 9.67 Å². The summed E-state index contributed by atoms with van der Waals surface area (Å²) >= 11 is 6.16. The van der Waals surface area contributed by atoms with Crippen molar-refractivity contribution in [3.63, 3.8) is 0 Å². The molecule has 2 aromatic rings. The fraction of sp³-hybridized carbons (Fsp3) is 0.412. The molecule has 0 unspecified atom stereocenters. The van der Waals surface area contributed by atoms with Crippen molar-refractivity contribution < 1.29 is 0 Å². The van der Waals surface area contributed by atoms with Gasteiger partial charge < -0.3 is 10.6 Å². The van der Waals surface area contributed by atoms with E-state index >= 15 is 0 Å². The van der Waals surface area contributed by atoms with Crippen LogP contribution in [-0.2, 0) is 19.9 Å². The van der Waals surface area contributed by atoms with Gasteiger partial charge in [0.15, 0.2) is 5.96 Å². The van der Waals surface area contributed by atoms with Crippen molar-refractivity contribution in [3.05, 3.63) is 52.8 Å². The van der Waals surface area contributed by atoms with E-state index in [1.807, 2.05) is 42.2 Å². The van der Waals surface area contributed by atoms with Crippen LogP contribution >= 0.6 is 35.6 Å². The van der Waals surface area contributed by atoms with Crippen LogP contribution in [0.4, 0.5) is 0 Å². The Bertz CT molecular complexity index is 641. The quantitative estimate of drug-likeness (QED) is 0.288. The summed E-state index contributed by atoms with van der Waals surface area (Å²) in [5, 5.41) is 11.6. The monoisotopic (exact) mass is 461 g/mol. The maximum absolute atomic E-state index is 6.16. The van der Waals surface area contributed by atoms with Crippen LogP contribution in [0.1, 0.15) is 17.5 Å². The fourth-order valence-electron chi connectivity index (χ4n) is 2.34. The maximum atomic E-state index is 6.16. The van der Waals surface area contributed by atoms with E-state index in [2.05, 4.69) is 26.9 Å². The molecule has 5 nitrogen and oxygen atoms in total. The smallest absolute Gasteiger partial charge is 0.190 e. The Labute approximate surface area is 165 Å². The zero-order chi connectivity index (χ0) is 16.5. The average Bonchev–Trinajstić information content (AvgIpc) is 2.97. The molecule has 0 spiro atoms. The second-order valence-electron chi connectivity index (χ2n) is 5.39. The number of aliphatic imine (C=N–C) groups is 1. The van der Waals surface area contributed by atoms with Crippen molar-refractivity contribution in [2.24, 2.45) is 12.0 Å². The van der Waals surface area contributed by atoms with E-state index in [0.29, 0.717) is 0 Å². The molecular formula is C17H25ClIN5. The normalized spacial score (nSPS) is 11.0. The minimum Gasteiger partial charge on any atom is -0.356 e. The first-order chi connectivity index (χ1) is 11.2. The number of rotatable bonds is 7. The number of benzene rings is 1. The van der Waals surface area contributed by atoms with Crippen LogP contribution in [0.25, 0.3) is 0 Å². The topological polar surface area (TPSA) is 54.2 Å². The van der Waals surface area contributed by atoms with E-state index in [9.17, 15) is 0 Å². The molecule has 0 aliphatic rings. The molecule has 2 rings (SSSR count). The second kappa shape index (κ2) is 11.3. The molecule has 0 amide bonds. The lowest BCUT2D eigenvalue weighted by atomic mass is 10.1. The number of aryl methyl sites for hydroxylation is 2. The summed E-state index contributed by atoms with van der Waals surface area (Å²) in [6, 6.07) is 7.92. The van der Waals surface area contributed by atoms with Crippen molar-refractivity contribution in [2.75, 3.05) is 20.1 Å². The Hall–Kier alpha value is -1.28. The van der Waals surface area contributed by atoms with Gasteiger partial charge in [0.25, 0.3) is 0 Å². The van der Waals surface area contributed by atoms with Gasteiger partial charge in [-0.1, -0.05) is 29.8 Å². The van der Waals surface area contributed by atoms with Gasteiger partial charge in [0.1, 0.15) is 0 Å². The summed E-state index contributed by atoms with van der Waals surface area (Å²) in [6.45, 7) is 1.67. The Kier molecular flexibility index (Phi) is 9.78. The van der Waals surface area contributed by atoms with Crippen molar-refractivity contribution in [3.8, 4) is 0 Å². The SMILES string of the molecule is CN=C(NCCCc1cnn(C)c1)NCCc1ccccc1Cl.I. The third-order valence-electron chi connectivity index (χ3n) is 3.56. The molecule has 0 aliphatic heterocycles. The molecule has 2 N–H and O–H groups in total. The Morgan fingerprint density at radius 2 is 1.96 bits per heavy atom. The largest absolute Gasteiger partial charge is 0.356 e. The summed E-state index contributed by atoms with van der Waals surface area (Å²) in [6.07, 6.45) is 6.89. The molecule has 24 heavy (non-hydrogen) atoms. The third kappa shape index (κ3) is 7.09. The molecule has 1 aromatic heterocycles. The van der Waals surface area contributed by atoms with Crippen molar-refractivity contribution in [1.29, 1.82) is 0 Å². The molecule has 1 aromatic carbocycles. The van der Waals surface area contributed by atoms with Crippen LogP contribution < -0.4 is 10.6 Å². The van der Waals surface area contributed by atoms with Crippen LogP contribution in [-0.4, -0.2) is 35.9 Å². The van der Waals surface area contributed by atoms with Crippen LogP contribution in [0.15, 0.2) is 41.7 Å². The highest BCUT2D eigenvalue weighted by Crippen LogP contribution is 2.14. The van der Waals surface area contributed by atoms with Crippen molar-refractivity contribution in [2.45, 2.75) is 19.3 Å². The minimum atomic E-state index is 0. The lowest BCUT2D eigenvalue weighted by molar-refractivity contribution is 0.737. The van der Waals surface area contributed by atoms with E-state index in [0.717, 1.165) is 48.9 Å². The zero-order valence-corrected chi connectivity index (χ0v) is 17.2. The Morgan fingerprint density at radius 1 is 1.21 bits per heavy atom. The standard InChI is InChI=1S/C17H24ClN5.HI/c1-19-17(20-10-5-6-14-12-22-23(2)13-14)21-11-9-15-7-3-4-8-16(15)18;/h3-4,7-8,12-13H,5-6,9-11H2,1-2H3,(H2,19,20,21);1H. The molecule has 1 heterocycles. The van der Waals surface area contributed by atoms with Gasteiger partial charge >= 0.3 is 0 Å². The number of hydrogen-bond donors (Lipinski definition) is 2. The predicted octanol–water partition coefficient (Wildman–Crippen LogP) is 3.03. The lowest BCUT2D eigenvalue weighted by Gasteiger charge is -2.12. The highest BCUT2D eigenvalue weighted by atomic mass is 127. The molecular weight excluding hydrogens is 437 g/mol. The summed E-state index contributed by atoms with van der Waals surface area (Å²) in [7, 11) is 3.72. The van der Waals surface area contributed by atoms with E-state index in [1.54, 1.807) is 7.05 Å². The van der Waals surface area contributed by atoms with Gasteiger partial charge in [0.05, 0.1) is 6.20 Å². The molecule has 132 valence electrons. The second-order valence-corrected chi connectivity index (χ2v) is 5.80. The average molecular weight is 462 g/mol. The number of nitrogens with one attached hydrogen (secondary N) is 2. The van der Waals surface area contributed by atoms with E-state index in [-0.39, 0.29) is 24.0 Å². The van der Waals surface area contributed by atoms with Crippen LogP contribution in [0.2, 0.25) is 5.02 Å². The number of aromatic nitrogens is 2. The molecule has 0 saturated carbocycles. The van der Waals surface area contributed by atoms with Gasteiger partial charge in [-0.25, -0.2) is 0 Å².